The molecule has 11 heteroatoms. The first-order valence-electron chi connectivity index (χ1n) is 6.68. The van der Waals surface area contributed by atoms with Crippen molar-refractivity contribution in [3.05, 3.63) is 17.3 Å². The summed E-state index contributed by atoms with van der Waals surface area (Å²) in [7, 11) is -2.02. The summed E-state index contributed by atoms with van der Waals surface area (Å²) in [5, 5.41) is 14.9. The predicted octanol–water partition coefficient (Wildman–Crippen LogP) is -0.423. The molecule has 2 aromatic rings. The minimum absolute atomic E-state index is 0.115. The molecule has 0 aliphatic carbocycles. The normalized spacial score (nSPS) is 20.4. The molecule has 3 heterocycles. The molecule has 0 amide bonds. The average molecular weight is 328 g/mol. The van der Waals surface area contributed by atoms with Gasteiger partial charge >= 0.3 is 0 Å². The summed E-state index contributed by atoms with van der Waals surface area (Å²) in [5.74, 6) is 0.763. The molecule has 2 aromatic heterocycles. The van der Waals surface area contributed by atoms with Gasteiger partial charge in [-0.05, 0) is 24.3 Å². The smallest absolute Gasteiger partial charge is 0.248 e. The molecule has 1 unspecified atom stereocenters. The van der Waals surface area contributed by atoms with Gasteiger partial charge in [0.15, 0.2) is 11.6 Å². The summed E-state index contributed by atoms with van der Waals surface area (Å²) in [6.45, 7) is 3.85. The van der Waals surface area contributed by atoms with Crippen LogP contribution in [0.1, 0.15) is 23.4 Å². The van der Waals surface area contributed by atoms with E-state index in [4.69, 9.17) is 9.26 Å². The molecule has 120 valence electrons. The zero-order chi connectivity index (χ0) is 15.9. The molecule has 10 nitrogen and oxygen atoms in total. The van der Waals surface area contributed by atoms with E-state index in [-0.39, 0.29) is 30.4 Å². The topological polar surface area (TPSA) is 116 Å². The molecule has 1 saturated heterocycles. The second-order valence-corrected chi connectivity index (χ2v) is 6.91. The van der Waals surface area contributed by atoms with Crippen molar-refractivity contribution in [1.29, 1.82) is 0 Å². The van der Waals surface area contributed by atoms with Gasteiger partial charge in [0.2, 0.25) is 10.0 Å². The Kier molecular flexibility index (Phi) is 3.70. The van der Waals surface area contributed by atoms with Crippen molar-refractivity contribution in [2.24, 2.45) is 7.05 Å². The Balaban J connectivity index is 1.90. The van der Waals surface area contributed by atoms with Crippen molar-refractivity contribution in [1.82, 2.24) is 29.7 Å². The first-order chi connectivity index (χ1) is 10.4. The fourth-order valence-electron chi connectivity index (χ4n) is 2.48. The van der Waals surface area contributed by atoms with E-state index in [2.05, 4.69) is 20.7 Å². The van der Waals surface area contributed by atoms with Gasteiger partial charge in [-0.15, -0.1) is 5.10 Å². The molecule has 22 heavy (non-hydrogen) atoms. The number of sulfonamides is 1. The molecule has 0 saturated carbocycles. The number of rotatable bonds is 3. The minimum atomic E-state index is -3.70. The average Bonchev–Trinajstić information content (AvgIpc) is 3.05. The van der Waals surface area contributed by atoms with Gasteiger partial charge < -0.3 is 9.26 Å². The number of ether oxygens (including phenoxy) is 1. The maximum atomic E-state index is 12.8. The lowest BCUT2D eigenvalue weighted by atomic mass is 10.3. The Morgan fingerprint density at radius 2 is 2.09 bits per heavy atom. The largest absolute Gasteiger partial charge is 0.367 e. The van der Waals surface area contributed by atoms with Gasteiger partial charge in [-0.3, -0.25) is 0 Å². The highest BCUT2D eigenvalue weighted by Crippen LogP contribution is 2.28. The first kappa shape index (κ1) is 15.1. The third kappa shape index (κ3) is 2.40. The maximum absolute atomic E-state index is 12.8. The quantitative estimate of drug-likeness (QED) is 0.745. The van der Waals surface area contributed by atoms with Crippen LogP contribution in [-0.2, 0) is 21.8 Å². The van der Waals surface area contributed by atoms with Crippen molar-refractivity contribution in [2.45, 2.75) is 24.8 Å². The van der Waals surface area contributed by atoms with E-state index in [0.717, 1.165) is 0 Å². The van der Waals surface area contributed by atoms with Crippen LogP contribution in [0.15, 0.2) is 9.42 Å². The fourth-order valence-corrected chi connectivity index (χ4v) is 4.20. The molecule has 0 aromatic carbocycles. The van der Waals surface area contributed by atoms with Crippen LogP contribution in [-0.4, -0.2) is 57.8 Å². The molecular weight excluding hydrogens is 312 g/mol. The molecule has 0 bridgehead atoms. The molecular formula is C11H16N6O4S. The van der Waals surface area contributed by atoms with Gasteiger partial charge in [0.05, 0.1) is 6.61 Å². The molecule has 3 rings (SSSR count). The maximum Gasteiger partial charge on any atom is 0.248 e. The molecule has 0 spiro atoms. The third-order valence-corrected chi connectivity index (χ3v) is 5.65. The lowest BCUT2D eigenvalue weighted by molar-refractivity contribution is -0.00955. The minimum Gasteiger partial charge on any atom is -0.367 e. The number of morpholine rings is 1. The van der Waals surface area contributed by atoms with Crippen molar-refractivity contribution in [3.8, 4) is 0 Å². The number of tetrazole rings is 1. The van der Waals surface area contributed by atoms with E-state index in [0.29, 0.717) is 11.5 Å². The van der Waals surface area contributed by atoms with Crippen molar-refractivity contribution in [2.75, 3.05) is 19.7 Å². The standard InChI is InChI=1S/C11H16N6O4S/c1-7-10(8(2)21-13-7)22(18,19)17-4-5-20-9(6-17)11-12-14-15-16(11)3/h9H,4-6H2,1-3H3. The SMILES string of the molecule is Cc1noc(C)c1S(=O)(=O)N1CCOC(c2nnnn2C)C1. The third-order valence-electron chi connectivity index (χ3n) is 3.54. The van der Waals surface area contributed by atoms with Crippen molar-refractivity contribution < 1.29 is 17.7 Å². The molecule has 0 N–H and O–H groups in total. The van der Waals surface area contributed by atoms with Gasteiger partial charge in [0, 0.05) is 20.1 Å². The summed E-state index contributed by atoms with van der Waals surface area (Å²) < 4.78 is 39.0. The van der Waals surface area contributed by atoms with Gasteiger partial charge in [-0.25, -0.2) is 13.1 Å². The Labute approximate surface area is 127 Å². The van der Waals surface area contributed by atoms with E-state index in [1.54, 1.807) is 20.9 Å². The Bertz CT molecular complexity index is 763. The summed E-state index contributed by atoms with van der Waals surface area (Å²) >= 11 is 0. The van der Waals surface area contributed by atoms with Crippen LogP contribution in [0.5, 0.6) is 0 Å². The van der Waals surface area contributed by atoms with Gasteiger partial charge in [0.1, 0.15) is 16.7 Å². The molecule has 0 radical (unpaired) electrons. The van der Waals surface area contributed by atoms with E-state index < -0.39 is 16.1 Å². The molecule has 1 atom stereocenters. The molecule has 1 aliphatic rings. The van der Waals surface area contributed by atoms with Crippen molar-refractivity contribution >= 4 is 10.0 Å². The predicted molar refractivity (Wildman–Crippen MR) is 72.2 cm³/mol. The zero-order valence-corrected chi connectivity index (χ0v) is 13.2. The van der Waals surface area contributed by atoms with E-state index in [1.165, 1.54) is 8.99 Å². The summed E-state index contributed by atoms with van der Waals surface area (Å²) in [6.07, 6.45) is -0.510. The van der Waals surface area contributed by atoms with Crippen LogP contribution in [0.4, 0.5) is 0 Å². The van der Waals surface area contributed by atoms with Crippen LogP contribution in [0.25, 0.3) is 0 Å². The lowest BCUT2D eigenvalue weighted by Crippen LogP contribution is -2.43. The number of hydrogen-bond donors (Lipinski definition) is 0. The molecule has 1 aliphatic heterocycles. The monoisotopic (exact) mass is 328 g/mol. The number of aromatic nitrogens is 5. The molecule has 1 fully saturated rings. The number of hydrogen-bond acceptors (Lipinski definition) is 8. The van der Waals surface area contributed by atoms with Crippen molar-refractivity contribution in [3.63, 3.8) is 0 Å². The highest BCUT2D eigenvalue weighted by Gasteiger charge is 2.36. The fraction of sp³-hybridized carbons (Fsp3) is 0.636. The van der Waals surface area contributed by atoms with Crippen LogP contribution in [0.2, 0.25) is 0 Å². The number of nitrogens with zero attached hydrogens (tertiary/aromatic N) is 6. The van der Waals surface area contributed by atoms with E-state index in [1.807, 2.05) is 0 Å². The second kappa shape index (κ2) is 5.41. The van der Waals surface area contributed by atoms with Crippen LogP contribution in [0, 0.1) is 13.8 Å². The highest BCUT2D eigenvalue weighted by atomic mass is 32.2. The van der Waals surface area contributed by atoms with Crippen LogP contribution in [0.3, 0.4) is 0 Å². The van der Waals surface area contributed by atoms with Gasteiger partial charge in [-0.2, -0.15) is 4.31 Å². The first-order valence-corrected chi connectivity index (χ1v) is 8.12. The Morgan fingerprint density at radius 1 is 1.32 bits per heavy atom. The van der Waals surface area contributed by atoms with Crippen LogP contribution < -0.4 is 0 Å². The Morgan fingerprint density at radius 3 is 2.68 bits per heavy atom. The zero-order valence-electron chi connectivity index (χ0n) is 12.4. The van der Waals surface area contributed by atoms with E-state index >= 15 is 0 Å². The van der Waals surface area contributed by atoms with Gasteiger partial charge in [0.25, 0.3) is 0 Å². The lowest BCUT2D eigenvalue weighted by Gasteiger charge is -2.31. The summed E-state index contributed by atoms with van der Waals surface area (Å²) in [4.78, 5) is 0.115. The van der Waals surface area contributed by atoms with Gasteiger partial charge in [-0.1, -0.05) is 5.16 Å². The van der Waals surface area contributed by atoms with Crippen LogP contribution >= 0.6 is 0 Å². The summed E-state index contributed by atoms with van der Waals surface area (Å²) in [6, 6.07) is 0. The summed E-state index contributed by atoms with van der Waals surface area (Å²) in [5.41, 5.74) is 0.348. The highest BCUT2D eigenvalue weighted by molar-refractivity contribution is 7.89. The second-order valence-electron chi connectivity index (χ2n) is 5.04. The number of aryl methyl sites for hydroxylation is 3. The van der Waals surface area contributed by atoms with E-state index in [9.17, 15) is 8.42 Å². The Hall–Kier alpha value is -1.85.